The van der Waals surface area contributed by atoms with E-state index in [1.807, 2.05) is 0 Å². The molecule has 0 saturated heterocycles. The van der Waals surface area contributed by atoms with Gasteiger partial charge in [-0.2, -0.15) is 0 Å². The number of para-hydroxylation sites is 6. The van der Waals surface area contributed by atoms with E-state index in [4.69, 9.17) is 0 Å². The standard InChI is InChI=1S/C50H49N3.C39H44N2.C13H10/c1-28-30(3)44(31(4)29(2)43(28)51-39-22-14-12-18-33(39)34-19-13-15-23-40(34)51)52-41-24-16-20-35-46(41)53-45-37(49(35,8)9)26-32(48(5,6)7)27-38(45)50(10,11)36-21-17-25-42(52)47(36)53;1-21-22(2)24(4)33(25(5)23(21)3)40-31-17-13-15-27-35(31)41-34-29(38(27,9)10)19-26(37(6,7)8)20-30(34)39(11,12)28-16-14-18-32(40)36(28)41;1-3-7-12-10(5-1)9-11-6-2-4-8-13(11)12/h12-27H,1-11H3;13-20H,1-12H3;1-8H,9H2. The number of rotatable bonds is 3. The summed E-state index contributed by atoms with van der Waals surface area (Å²) in [5.41, 5.74) is 51.2. The Hall–Kier alpha value is -10.4. The molecule has 0 saturated carbocycles. The molecule has 0 atom stereocenters. The Bertz CT molecular complexity index is 5740. The maximum Gasteiger partial charge on any atom is 0.0744 e. The number of nitrogens with zero attached hydrogens (tertiary/aromatic N) is 5. The molecule has 20 rings (SSSR count). The van der Waals surface area contributed by atoms with Crippen molar-refractivity contribution in [3.8, 4) is 16.8 Å². The van der Waals surface area contributed by atoms with Crippen molar-refractivity contribution in [2.45, 2.75) is 198 Å². The minimum Gasteiger partial charge on any atom is -0.309 e. The molecule has 0 N–H and O–H groups in total. The zero-order valence-electron chi connectivity index (χ0n) is 67.4. The molecule has 7 heterocycles. The molecular weight excluding hydrogens is 1300 g/mol. The number of aromatic nitrogens is 1. The van der Waals surface area contributed by atoms with Gasteiger partial charge in [-0.3, -0.25) is 0 Å². The van der Waals surface area contributed by atoms with E-state index < -0.39 is 0 Å². The van der Waals surface area contributed by atoms with Crippen molar-refractivity contribution in [2.75, 3.05) is 19.6 Å². The highest BCUT2D eigenvalue weighted by Crippen LogP contribution is 2.71. The summed E-state index contributed by atoms with van der Waals surface area (Å²) in [6.07, 6.45) is 1.10. The summed E-state index contributed by atoms with van der Waals surface area (Å²) >= 11 is 0. The normalized spacial score (nSPS) is 16.0. The molecule has 7 aliphatic rings. The summed E-state index contributed by atoms with van der Waals surface area (Å²) in [6, 6.07) is 73.2. The molecule has 5 heteroatoms. The van der Waals surface area contributed by atoms with Crippen LogP contribution in [-0.4, -0.2) is 4.57 Å². The molecule has 5 nitrogen and oxygen atoms in total. The smallest absolute Gasteiger partial charge is 0.0744 e. The fourth-order valence-corrected chi connectivity index (χ4v) is 20.3. The van der Waals surface area contributed by atoms with Crippen LogP contribution in [0.3, 0.4) is 0 Å². The van der Waals surface area contributed by atoms with Crippen molar-refractivity contribution in [1.29, 1.82) is 0 Å². The van der Waals surface area contributed by atoms with Crippen molar-refractivity contribution in [1.82, 2.24) is 4.57 Å². The average molecular weight is 1400 g/mol. The Labute approximate surface area is 636 Å². The number of benzene rings is 12. The van der Waals surface area contributed by atoms with E-state index in [1.54, 1.807) is 0 Å². The van der Waals surface area contributed by atoms with Crippen LogP contribution in [0.15, 0.2) is 194 Å². The highest BCUT2D eigenvalue weighted by Gasteiger charge is 2.53. The zero-order chi connectivity index (χ0) is 75.3. The van der Waals surface area contributed by atoms with Crippen LogP contribution in [0.1, 0.15) is 214 Å². The molecule has 0 bridgehead atoms. The van der Waals surface area contributed by atoms with Crippen LogP contribution >= 0.6 is 0 Å². The fourth-order valence-electron chi connectivity index (χ4n) is 20.3. The van der Waals surface area contributed by atoms with Gasteiger partial charge in [-0.25, -0.2) is 0 Å². The molecule has 0 amide bonds. The molecule has 0 unspecified atom stereocenters. The lowest BCUT2D eigenvalue weighted by atomic mass is 9.64. The summed E-state index contributed by atoms with van der Waals surface area (Å²) in [7, 11) is 0. The molecule has 0 spiro atoms. The quantitative estimate of drug-likeness (QED) is 0.175. The summed E-state index contributed by atoms with van der Waals surface area (Å²) < 4.78 is 2.52. The van der Waals surface area contributed by atoms with E-state index >= 15 is 0 Å². The van der Waals surface area contributed by atoms with Gasteiger partial charge < -0.3 is 24.2 Å². The maximum atomic E-state index is 2.66. The molecule has 13 aromatic rings. The topological polar surface area (TPSA) is 17.9 Å². The first-order chi connectivity index (χ1) is 50.7. The molecule has 0 radical (unpaired) electrons. The first kappa shape index (κ1) is 68.5. The average Bonchev–Trinajstić information content (AvgIpc) is 1.63. The summed E-state index contributed by atoms with van der Waals surface area (Å²) in [5.74, 6) is 0. The van der Waals surface area contributed by atoms with Crippen molar-refractivity contribution in [3.63, 3.8) is 0 Å². The molecule has 1 aromatic heterocycles. The van der Waals surface area contributed by atoms with E-state index in [1.165, 1.54) is 224 Å². The van der Waals surface area contributed by atoms with Crippen molar-refractivity contribution < 1.29 is 0 Å². The maximum absolute atomic E-state index is 2.66. The second kappa shape index (κ2) is 22.8. The lowest BCUT2D eigenvalue weighted by molar-refractivity contribution is 0.562. The third-order valence-electron chi connectivity index (χ3n) is 27.2. The molecule has 12 aromatic carbocycles. The van der Waals surface area contributed by atoms with Crippen LogP contribution in [0.5, 0.6) is 0 Å². The van der Waals surface area contributed by atoms with E-state index in [9.17, 15) is 0 Å². The number of hydrogen-bond acceptors (Lipinski definition) is 4. The highest BCUT2D eigenvalue weighted by atomic mass is 15.3. The monoisotopic (exact) mass is 1400 g/mol. The van der Waals surface area contributed by atoms with Gasteiger partial charge in [-0.05, 0) is 244 Å². The molecule has 536 valence electrons. The number of hydrogen-bond donors (Lipinski definition) is 0. The Balaban J connectivity index is 0.000000132. The number of fused-ring (bicyclic) bond motifs is 6. The van der Waals surface area contributed by atoms with Crippen molar-refractivity contribution in [2.24, 2.45) is 0 Å². The van der Waals surface area contributed by atoms with Crippen LogP contribution in [0.2, 0.25) is 0 Å². The van der Waals surface area contributed by atoms with Gasteiger partial charge in [-0.15, -0.1) is 0 Å². The summed E-state index contributed by atoms with van der Waals surface area (Å²) in [4.78, 5) is 10.5. The van der Waals surface area contributed by atoms with Gasteiger partial charge in [0.15, 0.2) is 0 Å². The first-order valence-electron chi connectivity index (χ1n) is 39.2. The van der Waals surface area contributed by atoms with Crippen LogP contribution < -0.4 is 19.6 Å². The number of anilines is 12. The lowest BCUT2D eigenvalue weighted by Crippen LogP contribution is -2.41. The van der Waals surface area contributed by atoms with E-state index in [2.05, 4.69) is 378 Å². The zero-order valence-corrected chi connectivity index (χ0v) is 67.4. The molecule has 6 aliphatic heterocycles. The molecular formula is C102H103N5. The van der Waals surface area contributed by atoms with Crippen molar-refractivity contribution in [3.05, 3.63) is 311 Å². The Morgan fingerprint density at radius 2 is 0.523 bits per heavy atom. The van der Waals surface area contributed by atoms with Gasteiger partial charge in [0.05, 0.1) is 85.0 Å². The second-order valence-corrected chi connectivity index (χ2v) is 36.4. The van der Waals surface area contributed by atoms with Crippen LogP contribution in [0.4, 0.5) is 68.2 Å². The third kappa shape index (κ3) is 9.22. The summed E-state index contributed by atoms with van der Waals surface area (Å²) in [5, 5.41) is 2.59. The second-order valence-electron chi connectivity index (χ2n) is 36.4. The highest BCUT2D eigenvalue weighted by molar-refractivity contribution is 6.13. The largest absolute Gasteiger partial charge is 0.309 e. The predicted octanol–water partition coefficient (Wildman–Crippen LogP) is 28.2. The Morgan fingerprint density at radius 1 is 0.252 bits per heavy atom. The fraction of sp³-hybridized carbons (Fsp3) is 0.294. The minimum absolute atomic E-state index is 0.0385. The Morgan fingerprint density at radius 3 is 0.841 bits per heavy atom. The van der Waals surface area contributed by atoms with Gasteiger partial charge in [0.1, 0.15) is 0 Å². The van der Waals surface area contributed by atoms with Gasteiger partial charge in [-0.1, -0.05) is 255 Å². The van der Waals surface area contributed by atoms with E-state index in [0.717, 1.165) is 6.42 Å². The minimum atomic E-state index is -0.185. The van der Waals surface area contributed by atoms with Crippen molar-refractivity contribution >= 4 is 90.1 Å². The van der Waals surface area contributed by atoms with Gasteiger partial charge in [0, 0.05) is 32.4 Å². The lowest BCUT2D eigenvalue weighted by Gasteiger charge is -2.54. The molecule has 1 aliphatic carbocycles. The third-order valence-corrected chi connectivity index (χ3v) is 27.2. The first-order valence-corrected chi connectivity index (χ1v) is 39.2. The molecule has 0 fully saturated rings. The van der Waals surface area contributed by atoms with Gasteiger partial charge in [0.25, 0.3) is 0 Å². The van der Waals surface area contributed by atoms with E-state index in [0.29, 0.717) is 0 Å². The van der Waals surface area contributed by atoms with Crippen LogP contribution in [-0.2, 0) is 38.9 Å². The van der Waals surface area contributed by atoms with Crippen LogP contribution in [0.25, 0.3) is 38.6 Å². The SMILES string of the molecule is Cc1c(C)c(-n2c3ccccc3c3ccccc32)c(C)c(C)c1N1c2cccc3c2N2c4c1cccc4C(C)(C)c1cc(C(C)(C)C)cc(c12)C3(C)C.Cc1c(C)c(C)c(N2c3cccc4c3N3c5c2cccc5C(C)(C)c2cc(C(C)(C)C)cc(c23)C4(C)C)c(C)c1C.c1ccc2c(c1)Cc1ccccc1-2. The van der Waals surface area contributed by atoms with Crippen LogP contribution in [0, 0.1) is 62.3 Å². The van der Waals surface area contributed by atoms with Gasteiger partial charge >= 0.3 is 0 Å². The summed E-state index contributed by atoms with van der Waals surface area (Å²) in [6.45, 7) is 54.5. The van der Waals surface area contributed by atoms with E-state index in [-0.39, 0.29) is 32.5 Å². The van der Waals surface area contributed by atoms with Gasteiger partial charge in [0.2, 0.25) is 0 Å². The predicted molar refractivity (Wildman–Crippen MR) is 456 cm³/mol. The Kier molecular flexibility index (Phi) is 14.6. The molecule has 107 heavy (non-hydrogen) atoms.